The number of carbonyl (C=O) groups excluding carboxylic acids is 3. The summed E-state index contributed by atoms with van der Waals surface area (Å²) in [5.74, 6) is -0.199. The molecular formula is C36H33FN4O5S. The molecule has 0 saturated carbocycles. The number of halogens is 1. The lowest BCUT2D eigenvalue weighted by molar-refractivity contribution is -0.126. The lowest BCUT2D eigenvalue weighted by atomic mass is 10.1. The maximum atomic E-state index is 13.9. The third kappa shape index (κ3) is 7.98. The number of nitrogens with zero attached hydrogens (tertiary/aromatic N) is 3. The number of amides is 3. The first-order valence-corrected chi connectivity index (χ1v) is 16.2. The van der Waals surface area contributed by atoms with Gasteiger partial charge in [-0.1, -0.05) is 78.5 Å². The molecule has 2 saturated heterocycles. The van der Waals surface area contributed by atoms with Gasteiger partial charge in [0.1, 0.15) is 36.1 Å². The van der Waals surface area contributed by atoms with Gasteiger partial charge < -0.3 is 14.8 Å². The third-order valence-corrected chi connectivity index (χ3v) is 9.01. The van der Waals surface area contributed by atoms with Crippen LogP contribution in [0.15, 0.2) is 114 Å². The quantitative estimate of drug-likeness (QED) is 0.199. The molecular weight excluding hydrogens is 619 g/mol. The number of rotatable bonds is 10. The zero-order valence-electron chi connectivity index (χ0n) is 25.5. The number of benzene rings is 4. The number of nitrogens with one attached hydrogen (secondary N) is 1. The number of para-hydroxylation sites is 1. The van der Waals surface area contributed by atoms with Gasteiger partial charge in [-0.15, -0.1) is 0 Å². The molecule has 4 aromatic carbocycles. The van der Waals surface area contributed by atoms with Crippen molar-refractivity contribution in [3.63, 3.8) is 0 Å². The van der Waals surface area contributed by atoms with Crippen LogP contribution in [0.5, 0.6) is 5.75 Å². The van der Waals surface area contributed by atoms with Crippen molar-refractivity contribution in [3.05, 3.63) is 126 Å². The molecule has 1 N–H and O–H groups in total. The van der Waals surface area contributed by atoms with E-state index < -0.39 is 23.2 Å². The molecule has 0 radical (unpaired) electrons. The van der Waals surface area contributed by atoms with Crippen molar-refractivity contribution in [2.75, 3.05) is 25.0 Å². The zero-order chi connectivity index (χ0) is 32.6. The summed E-state index contributed by atoms with van der Waals surface area (Å²) in [6.45, 7) is 1.08. The Bertz CT molecular complexity index is 1740. The first-order valence-electron chi connectivity index (χ1n) is 15.3. The third-order valence-electron chi connectivity index (χ3n) is 7.78. The molecule has 2 atom stereocenters. The summed E-state index contributed by atoms with van der Waals surface area (Å²) in [7, 11) is 0. The molecule has 0 bridgehead atoms. The first-order chi connectivity index (χ1) is 22.9. The predicted octanol–water partition coefficient (Wildman–Crippen LogP) is 6.95. The second kappa shape index (κ2) is 15.0. The van der Waals surface area contributed by atoms with Gasteiger partial charge in [-0.25, -0.2) is 14.2 Å². The van der Waals surface area contributed by atoms with Gasteiger partial charge in [-0.05, 0) is 66.4 Å². The van der Waals surface area contributed by atoms with Gasteiger partial charge in [-0.2, -0.15) is 0 Å². The molecule has 9 nitrogen and oxygen atoms in total. The number of hydrogen-bond acceptors (Lipinski definition) is 7. The lowest BCUT2D eigenvalue weighted by Gasteiger charge is -2.23. The van der Waals surface area contributed by atoms with Crippen LogP contribution in [0.1, 0.15) is 29.2 Å². The van der Waals surface area contributed by atoms with E-state index >= 15 is 0 Å². The van der Waals surface area contributed by atoms with E-state index in [1.807, 2.05) is 60.7 Å². The Hall–Kier alpha value is -5.16. The van der Waals surface area contributed by atoms with Crippen molar-refractivity contribution in [3.8, 4) is 5.75 Å². The summed E-state index contributed by atoms with van der Waals surface area (Å²) in [4.78, 5) is 47.3. The monoisotopic (exact) mass is 652 g/mol. The Kier molecular flexibility index (Phi) is 10.1. The molecule has 4 aromatic rings. The maximum absolute atomic E-state index is 13.9. The van der Waals surface area contributed by atoms with Crippen LogP contribution in [0.25, 0.3) is 0 Å². The van der Waals surface area contributed by atoms with Crippen LogP contribution in [-0.4, -0.2) is 58.6 Å². The SMILES string of the molecule is O=C(Nc1ccc(C2S/C(=N\c3cccc(F)c3)N(CCOc3ccccc3)C2=O)cc1)[C@@H]1CCCN1C(=O)OCc1ccccc1. The van der Waals surface area contributed by atoms with Crippen LogP contribution in [0.2, 0.25) is 0 Å². The number of anilines is 1. The Balaban J connectivity index is 1.10. The van der Waals surface area contributed by atoms with Crippen LogP contribution in [-0.2, 0) is 20.9 Å². The second-order valence-corrected chi connectivity index (χ2v) is 12.1. The minimum atomic E-state index is -0.641. The number of ether oxygens (including phenoxy) is 2. The smallest absolute Gasteiger partial charge is 0.410 e. The van der Waals surface area contributed by atoms with Crippen LogP contribution < -0.4 is 10.1 Å². The van der Waals surface area contributed by atoms with Gasteiger partial charge in [0.05, 0.1) is 12.2 Å². The largest absolute Gasteiger partial charge is 0.492 e. The average molecular weight is 653 g/mol. The molecule has 0 aliphatic carbocycles. The topological polar surface area (TPSA) is 101 Å². The molecule has 2 fully saturated rings. The van der Waals surface area contributed by atoms with Crippen molar-refractivity contribution in [2.24, 2.45) is 4.99 Å². The van der Waals surface area contributed by atoms with Crippen molar-refractivity contribution in [1.29, 1.82) is 0 Å². The van der Waals surface area contributed by atoms with Gasteiger partial charge in [0, 0.05) is 12.2 Å². The number of aliphatic imine (C=N–C) groups is 1. The number of hydrogen-bond donors (Lipinski definition) is 1. The highest BCUT2D eigenvalue weighted by Crippen LogP contribution is 2.40. The molecule has 6 rings (SSSR count). The lowest BCUT2D eigenvalue weighted by Crippen LogP contribution is -2.43. The minimum Gasteiger partial charge on any atom is -0.492 e. The fourth-order valence-corrected chi connectivity index (χ4v) is 6.61. The van der Waals surface area contributed by atoms with Crippen molar-refractivity contribution < 1.29 is 28.2 Å². The summed E-state index contributed by atoms with van der Waals surface area (Å²) in [6.07, 6.45) is 0.715. The van der Waals surface area contributed by atoms with Crippen LogP contribution in [0.4, 0.5) is 20.6 Å². The molecule has 11 heteroatoms. The standard InChI is InChI=1S/C36H33FN4O5S/c37-27-11-7-12-29(23-27)39-35-41(21-22-45-30-13-5-2-6-14-30)34(43)32(47-35)26-16-18-28(19-17-26)38-33(42)31-15-8-20-40(31)36(44)46-24-25-9-3-1-4-10-25/h1-7,9-14,16-19,23,31-32H,8,15,20-22,24H2,(H,38,42)/b39-35-/t31-,32?/m0/s1. The van der Waals surface area contributed by atoms with Crippen LogP contribution in [0.3, 0.4) is 0 Å². The Labute approximate surface area is 276 Å². The number of thioether (sulfide) groups is 1. The fourth-order valence-electron chi connectivity index (χ4n) is 5.41. The molecule has 2 aliphatic rings. The van der Waals surface area contributed by atoms with E-state index in [0.29, 0.717) is 41.7 Å². The molecule has 3 amide bonds. The molecule has 2 aliphatic heterocycles. The molecule has 0 spiro atoms. The van der Waals surface area contributed by atoms with Crippen molar-refractivity contribution in [1.82, 2.24) is 9.80 Å². The summed E-state index contributed by atoms with van der Waals surface area (Å²) in [5.41, 5.74) is 2.54. The number of likely N-dealkylation sites (tertiary alicyclic amines) is 1. The van der Waals surface area contributed by atoms with Gasteiger partial charge >= 0.3 is 6.09 Å². The zero-order valence-corrected chi connectivity index (χ0v) is 26.3. The average Bonchev–Trinajstić information content (AvgIpc) is 3.70. The normalized spacial score (nSPS) is 18.4. The first kappa shape index (κ1) is 31.8. The van der Waals surface area contributed by atoms with E-state index in [9.17, 15) is 18.8 Å². The predicted molar refractivity (Wildman–Crippen MR) is 179 cm³/mol. The molecule has 0 aromatic heterocycles. The van der Waals surface area contributed by atoms with E-state index in [1.165, 1.54) is 28.8 Å². The summed E-state index contributed by atoms with van der Waals surface area (Å²) >= 11 is 1.28. The van der Waals surface area contributed by atoms with E-state index in [0.717, 1.165) is 11.1 Å². The van der Waals surface area contributed by atoms with Crippen molar-refractivity contribution in [2.45, 2.75) is 30.7 Å². The van der Waals surface area contributed by atoms with E-state index in [2.05, 4.69) is 10.3 Å². The van der Waals surface area contributed by atoms with E-state index in [1.54, 1.807) is 41.3 Å². The van der Waals surface area contributed by atoms with E-state index in [-0.39, 0.29) is 31.6 Å². The summed E-state index contributed by atoms with van der Waals surface area (Å²) < 4.78 is 25.2. The van der Waals surface area contributed by atoms with E-state index in [4.69, 9.17) is 9.47 Å². The van der Waals surface area contributed by atoms with Gasteiger partial charge in [0.15, 0.2) is 5.17 Å². The minimum absolute atomic E-state index is 0.135. The van der Waals surface area contributed by atoms with Crippen molar-refractivity contribution >= 4 is 46.2 Å². The summed E-state index contributed by atoms with van der Waals surface area (Å²) in [5, 5.41) is 2.76. The van der Waals surface area contributed by atoms with Crippen LogP contribution in [0, 0.1) is 5.82 Å². The summed E-state index contributed by atoms with van der Waals surface area (Å²) in [6, 6.07) is 31.0. The Morgan fingerprint density at radius 1 is 0.936 bits per heavy atom. The van der Waals surface area contributed by atoms with Gasteiger partial charge in [0.2, 0.25) is 11.8 Å². The molecule has 240 valence electrons. The highest BCUT2D eigenvalue weighted by Gasteiger charge is 2.39. The number of amidine groups is 1. The number of carbonyl (C=O) groups is 3. The second-order valence-electron chi connectivity index (χ2n) is 11.0. The Morgan fingerprint density at radius 3 is 2.43 bits per heavy atom. The maximum Gasteiger partial charge on any atom is 0.410 e. The van der Waals surface area contributed by atoms with Gasteiger partial charge in [0.25, 0.3) is 0 Å². The molecule has 1 unspecified atom stereocenters. The molecule has 2 heterocycles. The molecule has 47 heavy (non-hydrogen) atoms. The Morgan fingerprint density at radius 2 is 1.68 bits per heavy atom. The highest BCUT2D eigenvalue weighted by molar-refractivity contribution is 8.15. The highest BCUT2D eigenvalue weighted by atomic mass is 32.2. The fraction of sp³-hybridized carbons (Fsp3) is 0.222. The van der Waals surface area contributed by atoms with Crippen LogP contribution >= 0.6 is 11.8 Å². The van der Waals surface area contributed by atoms with Gasteiger partial charge in [-0.3, -0.25) is 19.4 Å².